The number of hydrogen-bond donors (Lipinski definition) is 1. The number of nitrogens with one attached hydrogen (secondary N) is 1. The highest BCUT2D eigenvalue weighted by molar-refractivity contribution is 9.10. The molecule has 2 aromatic carbocycles. The third-order valence-corrected chi connectivity index (χ3v) is 3.08. The average Bonchev–Trinajstić information content (AvgIpc) is 2.44. The van der Waals surface area contributed by atoms with Crippen molar-refractivity contribution in [3.63, 3.8) is 0 Å². The van der Waals surface area contributed by atoms with Crippen LogP contribution >= 0.6 is 15.9 Å². The zero-order valence-corrected chi connectivity index (χ0v) is 12.1. The van der Waals surface area contributed by atoms with E-state index in [2.05, 4.69) is 21.2 Å². The molecule has 0 aliphatic heterocycles. The van der Waals surface area contributed by atoms with Gasteiger partial charge < -0.3 is 5.32 Å². The van der Waals surface area contributed by atoms with Gasteiger partial charge in [0.1, 0.15) is 23.1 Å². The predicted octanol–water partition coefficient (Wildman–Crippen LogP) is 4.52. The molecule has 0 saturated heterocycles. The van der Waals surface area contributed by atoms with Gasteiger partial charge in [0.25, 0.3) is 0 Å². The van der Waals surface area contributed by atoms with Crippen LogP contribution in [0.25, 0.3) is 6.08 Å². The van der Waals surface area contributed by atoms with Crippen molar-refractivity contribution in [2.75, 3.05) is 5.32 Å². The first-order chi connectivity index (χ1) is 9.97. The number of benzene rings is 2. The van der Waals surface area contributed by atoms with E-state index >= 15 is 0 Å². The number of amides is 1. The zero-order chi connectivity index (χ0) is 15.4. The highest BCUT2D eigenvalue weighted by atomic mass is 79.9. The van der Waals surface area contributed by atoms with Gasteiger partial charge >= 0.3 is 0 Å². The van der Waals surface area contributed by atoms with Crippen molar-refractivity contribution in [1.82, 2.24) is 0 Å². The minimum Gasteiger partial charge on any atom is -0.318 e. The Morgan fingerprint density at radius 2 is 1.71 bits per heavy atom. The van der Waals surface area contributed by atoms with Crippen molar-refractivity contribution >= 4 is 33.6 Å². The van der Waals surface area contributed by atoms with E-state index in [9.17, 15) is 18.0 Å². The van der Waals surface area contributed by atoms with Gasteiger partial charge in [0, 0.05) is 16.1 Å². The van der Waals surface area contributed by atoms with Gasteiger partial charge in [0.05, 0.1) is 0 Å². The first kappa shape index (κ1) is 15.3. The molecule has 0 unspecified atom stereocenters. The largest absolute Gasteiger partial charge is 0.318 e. The standard InChI is InChI=1S/C15H9BrF3NO/c16-10-5-6-11(17)9(8-10)4-7-14(21)20-15-12(18)2-1-3-13(15)19/h1-8H,(H,20,21)/b7-4+. The molecule has 0 aliphatic rings. The summed E-state index contributed by atoms with van der Waals surface area (Å²) in [6.45, 7) is 0. The Morgan fingerprint density at radius 3 is 2.38 bits per heavy atom. The molecule has 0 radical (unpaired) electrons. The number of rotatable bonds is 3. The lowest BCUT2D eigenvalue weighted by Crippen LogP contribution is -2.10. The van der Waals surface area contributed by atoms with Crippen LogP contribution < -0.4 is 5.32 Å². The molecule has 1 amide bonds. The Labute approximate surface area is 127 Å². The summed E-state index contributed by atoms with van der Waals surface area (Å²) in [4.78, 5) is 11.6. The highest BCUT2D eigenvalue weighted by Gasteiger charge is 2.10. The molecule has 108 valence electrons. The monoisotopic (exact) mass is 355 g/mol. The number of hydrogen-bond acceptors (Lipinski definition) is 1. The third kappa shape index (κ3) is 3.95. The van der Waals surface area contributed by atoms with E-state index in [1.807, 2.05) is 0 Å². The minimum absolute atomic E-state index is 0.175. The van der Waals surface area contributed by atoms with Crippen LogP contribution in [0.4, 0.5) is 18.9 Å². The third-order valence-electron chi connectivity index (χ3n) is 2.58. The van der Waals surface area contributed by atoms with Crippen molar-refractivity contribution in [2.45, 2.75) is 0 Å². The molecule has 6 heteroatoms. The van der Waals surface area contributed by atoms with Crippen LogP contribution in [0, 0.1) is 17.5 Å². The van der Waals surface area contributed by atoms with E-state index in [1.165, 1.54) is 30.3 Å². The SMILES string of the molecule is O=C(/C=C/c1cc(Br)ccc1F)Nc1c(F)cccc1F. The molecule has 0 heterocycles. The van der Waals surface area contributed by atoms with E-state index in [-0.39, 0.29) is 5.56 Å². The van der Waals surface area contributed by atoms with E-state index < -0.39 is 29.0 Å². The lowest BCUT2D eigenvalue weighted by atomic mass is 10.2. The highest BCUT2D eigenvalue weighted by Crippen LogP contribution is 2.19. The molecule has 2 nitrogen and oxygen atoms in total. The number of carbonyl (C=O) groups is 1. The van der Waals surface area contributed by atoms with Crippen LogP contribution in [0.1, 0.15) is 5.56 Å². The summed E-state index contributed by atoms with van der Waals surface area (Å²) in [6.07, 6.45) is 2.21. The topological polar surface area (TPSA) is 29.1 Å². The first-order valence-electron chi connectivity index (χ1n) is 5.85. The minimum atomic E-state index is -0.884. The maximum atomic E-state index is 13.5. The smallest absolute Gasteiger partial charge is 0.248 e. The van der Waals surface area contributed by atoms with Crippen molar-refractivity contribution in [3.05, 3.63) is 70.0 Å². The van der Waals surface area contributed by atoms with E-state index in [0.717, 1.165) is 18.2 Å². The second kappa shape index (κ2) is 6.58. The molecular weight excluding hydrogens is 347 g/mol. The van der Waals surface area contributed by atoms with Crippen LogP contribution in [-0.2, 0) is 4.79 Å². The van der Waals surface area contributed by atoms with Crippen LogP contribution in [-0.4, -0.2) is 5.91 Å². The number of anilines is 1. The Kier molecular flexibility index (Phi) is 4.80. The summed E-state index contributed by atoms with van der Waals surface area (Å²) < 4.78 is 40.8. The number of halogens is 4. The maximum Gasteiger partial charge on any atom is 0.248 e. The van der Waals surface area contributed by atoms with Crippen LogP contribution in [0.15, 0.2) is 46.9 Å². The Hall–Kier alpha value is -2.08. The summed E-state index contributed by atoms with van der Waals surface area (Å²) in [6, 6.07) is 7.46. The molecule has 1 N–H and O–H groups in total. The first-order valence-corrected chi connectivity index (χ1v) is 6.65. The van der Waals surface area contributed by atoms with E-state index in [4.69, 9.17) is 0 Å². The van der Waals surface area contributed by atoms with E-state index in [0.29, 0.717) is 4.47 Å². The molecule has 0 saturated carbocycles. The summed E-state index contributed by atoms with van der Waals surface area (Å²) >= 11 is 3.18. The van der Waals surface area contributed by atoms with Gasteiger partial charge in [-0.05, 0) is 36.4 Å². The summed E-state index contributed by atoms with van der Waals surface area (Å²) in [7, 11) is 0. The molecular formula is C15H9BrF3NO. The average molecular weight is 356 g/mol. The fraction of sp³-hybridized carbons (Fsp3) is 0. The van der Waals surface area contributed by atoms with E-state index in [1.54, 1.807) is 0 Å². The van der Waals surface area contributed by atoms with Crippen molar-refractivity contribution in [2.24, 2.45) is 0 Å². The van der Waals surface area contributed by atoms with Crippen molar-refractivity contribution in [1.29, 1.82) is 0 Å². The van der Waals surface area contributed by atoms with Crippen LogP contribution in [0.5, 0.6) is 0 Å². The lowest BCUT2D eigenvalue weighted by molar-refractivity contribution is -0.111. The van der Waals surface area contributed by atoms with Gasteiger partial charge in [-0.2, -0.15) is 0 Å². The van der Waals surface area contributed by atoms with Crippen LogP contribution in [0.2, 0.25) is 0 Å². The van der Waals surface area contributed by atoms with Gasteiger partial charge in [-0.3, -0.25) is 4.79 Å². The molecule has 0 atom stereocenters. The molecule has 0 fully saturated rings. The maximum absolute atomic E-state index is 13.5. The predicted molar refractivity (Wildman–Crippen MR) is 78.1 cm³/mol. The van der Waals surface area contributed by atoms with Gasteiger partial charge in [0.2, 0.25) is 5.91 Å². The number of carbonyl (C=O) groups excluding carboxylic acids is 1. The quantitative estimate of drug-likeness (QED) is 0.806. The molecule has 2 rings (SSSR count). The van der Waals surface area contributed by atoms with Crippen molar-refractivity contribution in [3.8, 4) is 0 Å². The fourth-order valence-corrected chi connectivity index (χ4v) is 1.97. The normalized spacial score (nSPS) is 10.9. The van der Waals surface area contributed by atoms with Crippen LogP contribution in [0.3, 0.4) is 0 Å². The molecule has 21 heavy (non-hydrogen) atoms. The summed E-state index contributed by atoms with van der Waals surface area (Å²) in [5, 5.41) is 2.07. The number of para-hydroxylation sites is 1. The Morgan fingerprint density at radius 1 is 1.05 bits per heavy atom. The molecule has 0 aromatic heterocycles. The zero-order valence-electron chi connectivity index (χ0n) is 10.5. The lowest BCUT2D eigenvalue weighted by Gasteiger charge is -2.04. The fourth-order valence-electron chi connectivity index (χ4n) is 1.59. The molecule has 2 aromatic rings. The second-order valence-electron chi connectivity index (χ2n) is 4.09. The summed E-state index contributed by atoms with van der Waals surface area (Å²) in [5.41, 5.74) is -0.365. The Bertz CT molecular complexity index is 696. The summed E-state index contributed by atoms with van der Waals surface area (Å²) in [5.74, 6) is -3.05. The van der Waals surface area contributed by atoms with Gasteiger partial charge in [-0.15, -0.1) is 0 Å². The molecule has 0 aliphatic carbocycles. The van der Waals surface area contributed by atoms with Gasteiger partial charge in [-0.25, -0.2) is 13.2 Å². The molecule has 0 bridgehead atoms. The Balaban J connectivity index is 2.15. The van der Waals surface area contributed by atoms with Gasteiger partial charge in [-0.1, -0.05) is 22.0 Å². The van der Waals surface area contributed by atoms with Gasteiger partial charge in [0.15, 0.2) is 0 Å². The second-order valence-corrected chi connectivity index (χ2v) is 5.00. The van der Waals surface area contributed by atoms with Crippen molar-refractivity contribution < 1.29 is 18.0 Å². The molecule has 0 spiro atoms.